The van der Waals surface area contributed by atoms with Crippen molar-refractivity contribution in [2.45, 2.75) is 38.3 Å². The van der Waals surface area contributed by atoms with Gasteiger partial charge in [0.1, 0.15) is 5.69 Å². The number of carbonyl (C=O) groups is 1. The van der Waals surface area contributed by atoms with E-state index in [1.54, 1.807) is 41.1 Å². The van der Waals surface area contributed by atoms with Gasteiger partial charge in [-0.15, -0.1) is 0 Å². The quantitative estimate of drug-likeness (QED) is 0.418. The molecule has 0 aliphatic rings. The van der Waals surface area contributed by atoms with E-state index in [1.807, 2.05) is 18.4 Å². The summed E-state index contributed by atoms with van der Waals surface area (Å²) < 4.78 is 26.5. The van der Waals surface area contributed by atoms with Crippen LogP contribution in [0, 0.1) is 18.3 Å². The van der Waals surface area contributed by atoms with Crippen molar-refractivity contribution >= 4 is 32.9 Å². The molecule has 0 saturated carbocycles. The van der Waals surface area contributed by atoms with E-state index in [0.29, 0.717) is 42.2 Å². The number of benzene rings is 2. The number of amides is 1. The molecule has 0 bridgehead atoms. The number of fused-ring (bicyclic) bond motifs is 1. The second kappa shape index (κ2) is 9.09. The molecule has 2 aromatic heterocycles. The molecule has 1 amide bonds. The first-order valence-electron chi connectivity index (χ1n) is 10.6. The van der Waals surface area contributed by atoms with Crippen molar-refractivity contribution in [2.75, 3.05) is 5.32 Å². The summed E-state index contributed by atoms with van der Waals surface area (Å²) in [4.78, 5) is 17.6. The number of aromatic nitrogens is 4. The molecule has 4 rings (SSSR count). The lowest BCUT2D eigenvalue weighted by molar-refractivity contribution is 0.101. The van der Waals surface area contributed by atoms with Crippen LogP contribution in [0.2, 0.25) is 0 Å². The molecule has 10 nitrogen and oxygen atoms in total. The lowest BCUT2D eigenvalue weighted by atomic mass is 10.1. The van der Waals surface area contributed by atoms with Crippen LogP contribution in [0.25, 0.3) is 11.0 Å². The van der Waals surface area contributed by atoms with Crippen LogP contribution < -0.4 is 10.5 Å². The Morgan fingerprint density at radius 3 is 2.56 bits per heavy atom. The summed E-state index contributed by atoms with van der Waals surface area (Å²) >= 11 is 0. The minimum atomic E-state index is -3.76. The topological polar surface area (TPSA) is 149 Å². The molecule has 2 heterocycles. The third-order valence-electron chi connectivity index (χ3n) is 5.41. The van der Waals surface area contributed by atoms with Crippen molar-refractivity contribution < 1.29 is 13.2 Å². The zero-order valence-electron chi connectivity index (χ0n) is 18.7. The predicted molar refractivity (Wildman–Crippen MR) is 127 cm³/mol. The number of carbonyl (C=O) groups excluding carboxylic acids is 1. The molecule has 0 radical (unpaired) electrons. The number of aryl methyl sites for hydroxylation is 4. The van der Waals surface area contributed by atoms with Gasteiger partial charge in [0, 0.05) is 13.1 Å². The maximum atomic E-state index is 13.0. The molecule has 2 aromatic carbocycles. The molecule has 0 fully saturated rings. The SMILES string of the molecule is CCn1nc(C)cc1C(=O)Nc1nc2cc(C#N)ccc2n1CCc1ccc(S(N)(=O)=O)cc1. The van der Waals surface area contributed by atoms with Crippen molar-refractivity contribution in [1.29, 1.82) is 5.26 Å². The highest BCUT2D eigenvalue weighted by Gasteiger charge is 2.18. The Kier molecular flexibility index (Phi) is 6.19. The smallest absolute Gasteiger partial charge is 0.276 e. The maximum Gasteiger partial charge on any atom is 0.276 e. The Morgan fingerprint density at radius 2 is 1.91 bits per heavy atom. The van der Waals surface area contributed by atoms with Crippen LogP contribution in [0.15, 0.2) is 53.4 Å². The molecular formula is C23H23N7O3S. The fourth-order valence-electron chi connectivity index (χ4n) is 3.74. The summed E-state index contributed by atoms with van der Waals surface area (Å²) in [7, 11) is -3.76. The van der Waals surface area contributed by atoms with Crippen LogP contribution >= 0.6 is 0 Å². The van der Waals surface area contributed by atoms with E-state index in [-0.39, 0.29) is 10.8 Å². The van der Waals surface area contributed by atoms with Gasteiger partial charge >= 0.3 is 0 Å². The number of imidazole rings is 1. The second-order valence-corrected chi connectivity index (χ2v) is 9.34. The minimum Gasteiger partial charge on any atom is -0.310 e. The molecule has 0 aliphatic carbocycles. The van der Waals surface area contributed by atoms with Gasteiger partial charge in [0.25, 0.3) is 5.91 Å². The van der Waals surface area contributed by atoms with E-state index in [4.69, 9.17) is 5.14 Å². The van der Waals surface area contributed by atoms with Crippen molar-refractivity contribution in [1.82, 2.24) is 19.3 Å². The molecule has 11 heteroatoms. The van der Waals surface area contributed by atoms with Gasteiger partial charge in [0.05, 0.1) is 33.3 Å². The largest absolute Gasteiger partial charge is 0.310 e. The maximum absolute atomic E-state index is 13.0. The van der Waals surface area contributed by atoms with E-state index in [1.165, 1.54) is 12.1 Å². The van der Waals surface area contributed by atoms with Gasteiger partial charge < -0.3 is 4.57 Å². The molecule has 3 N–H and O–H groups in total. The van der Waals surface area contributed by atoms with Crippen molar-refractivity contribution in [2.24, 2.45) is 5.14 Å². The fraction of sp³-hybridized carbons (Fsp3) is 0.217. The number of hydrogen-bond acceptors (Lipinski definition) is 6. The first kappa shape index (κ1) is 23.2. The summed E-state index contributed by atoms with van der Waals surface area (Å²) in [6.45, 7) is 4.73. The van der Waals surface area contributed by atoms with Crippen LogP contribution in [0.1, 0.15) is 34.2 Å². The second-order valence-electron chi connectivity index (χ2n) is 7.78. The third-order valence-corrected chi connectivity index (χ3v) is 6.34. The lowest BCUT2D eigenvalue weighted by Gasteiger charge is -2.11. The van der Waals surface area contributed by atoms with Gasteiger partial charge in [-0.2, -0.15) is 10.4 Å². The number of hydrogen-bond donors (Lipinski definition) is 2. The number of rotatable bonds is 7. The normalized spacial score (nSPS) is 11.5. The number of nitrogens with two attached hydrogens (primary N) is 1. The molecule has 0 unspecified atom stereocenters. The number of sulfonamides is 1. The van der Waals surface area contributed by atoms with Gasteiger partial charge in [0.15, 0.2) is 0 Å². The highest BCUT2D eigenvalue weighted by Crippen LogP contribution is 2.23. The van der Waals surface area contributed by atoms with Gasteiger partial charge in [-0.3, -0.25) is 14.8 Å². The Balaban J connectivity index is 1.66. The van der Waals surface area contributed by atoms with E-state index in [2.05, 4.69) is 21.5 Å². The number of nitrogens with zero attached hydrogens (tertiary/aromatic N) is 5. The van der Waals surface area contributed by atoms with Crippen LogP contribution in [-0.2, 0) is 29.5 Å². The van der Waals surface area contributed by atoms with Crippen molar-refractivity contribution in [3.8, 4) is 6.07 Å². The van der Waals surface area contributed by atoms with E-state index < -0.39 is 10.0 Å². The molecule has 34 heavy (non-hydrogen) atoms. The fourth-order valence-corrected chi connectivity index (χ4v) is 4.26. The van der Waals surface area contributed by atoms with Gasteiger partial charge in [-0.25, -0.2) is 18.5 Å². The molecule has 174 valence electrons. The molecular weight excluding hydrogens is 454 g/mol. The van der Waals surface area contributed by atoms with Crippen molar-refractivity contribution in [3.63, 3.8) is 0 Å². The minimum absolute atomic E-state index is 0.0455. The Hall–Kier alpha value is -4.01. The Labute approximate surface area is 196 Å². The molecule has 4 aromatic rings. The highest BCUT2D eigenvalue weighted by molar-refractivity contribution is 7.89. The van der Waals surface area contributed by atoms with Crippen LogP contribution in [-0.4, -0.2) is 33.7 Å². The van der Waals surface area contributed by atoms with Crippen molar-refractivity contribution in [3.05, 3.63) is 71.0 Å². The van der Waals surface area contributed by atoms with Crippen LogP contribution in [0.3, 0.4) is 0 Å². The Morgan fingerprint density at radius 1 is 1.18 bits per heavy atom. The summed E-state index contributed by atoms with van der Waals surface area (Å²) in [6, 6.07) is 15.3. The molecule has 0 atom stereocenters. The first-order valence-corrected chi connectivity index (χ1v) is 12.1. The van der Waals surface area contributed by atoms with Gasteiger partial charge in [0.2, 0.25) is 16.0 Å². The predicted octanol–water partition coefficient (Wildman–Crippen LogP) is 2.58. The summed E-state index contributed by atoms with van der Waals surface area (Å²) in [5.74, 6) is 0.00905. The third kappa shape index (κ3) is 4.68. The van der Waals surface area contributed by atoms with Crippen LogP contribution in [0.4, 0.5) is 5.95 Å². The molecule has 0 aliphatic heterocycles. The number of nitrogens with one attached hydrogen (secondary N) is 1. The average Bonchev–Trinajstić information content (AvgIpc) is 3.36. The monoisotopic (exact) mass is 477 g/mol. The summed E-state index contributed by atoms with van der Waals surface area (Å²) in [5, 5.41) is 21.6. The molecule has 0 saturated heterocycles. The number of primary sulfonamides is 1. The summed E-state index contributed by atoms with van der Waals surface area (Å²) in [6.07, 6.45) is 0.547. The van der Waals surface area contributed by atoms with E-state index in [0.717, 1.165) is 16.8 Å². The van der Waals surface area contributed by atoms with E-state index >= 15 is 0 Å². The zero-order chi connectivity index (χ0) is 24.5. The number of nitriles is 1. The van der Waals surface area contributed by atoms with Gasteiger partial charge in [-0.1, -0.05) is 12.1 Å². The highest BCUT2D eigenvalue weighted by atomic mass is 32.2. The summed E-state index contributed by atoms with van der Waals surface area (Å²) in [5.41, 5.74) is 3.86. The van der Waals surface area contributed by atoms with Gasteiger partial charge in [-0.05, 0) is 62.2 Å². The van der Waals surface area contributed by atoms with E-state index in [9.17, 15) is 18.5 Å². The Bertz CT molecular complexity index is 1530. The molecule has 0 spiro atoms. The van der Waals surface area contributed by atoms with Crippen LogP contribution in [0.5, 0.6) is 0 Å². The average molecular weight is 478 g/mol. The first-order chi connectivity index (χ1) is 16.2. The standard InChI is InChI=1S/C23H23N7O3S/c1-3-30-21(12-15(2)28-30)22(31)27-23-26-19-13-17(14-24)6-9-20(19)29(23)11-10-16-4-7-18(8-5-16)34(25,32)33/h4-9,12-13H,3,10-11H2,1-2H3,(H2,25,32,33)(H,26,27,31). The zero-order valence-corrected chi connectivity index (χ0v) is 19.5. The number of anilines is 1. The lowest BCUT2D eigenvalue weighted by Crippen LogP contribution is -2.20.